The maximum atomic E-state index is 4.85. The Bertz CT molecular complexity index is 581. The second-order valence-corrected chi connectivity index (χ2v) is 6.11. The van der Waals surface area contributed by atoms with Crippen molar-refractivity contribution in [3.05, 3.63) is 24.2 Å². The van der Waals surface area contributed by atoms with Crippen LogP contribution in [0.3, 0.4) is 0 Å². The number of piperidine rings is 1. The Hall–Kier alpha value is -1.42. The van der Waals surface area contributed by atoms with E-state index in [0.29, 0.717) is 0 Å². The molecule has 0 aliphatic carbocycles. The summed E-state index contributed by atoms with van der Waals surface area (Å²) in [5, 5.41) is 0. The third-order valence-corrected chi connectivity index (χ3v) is 4.66. The molecule has 0 aromatic carbocycles. The Balaban J connectivity index is 1.78. The summed E-state index contributed by atoms with van der Waals surface area (Å²) in [4.78, 5) is 11.9. The summed E-state index contributed by atoms with van der Waals surface area (Å²) in [5.41, 5.74) is 2.10. The molecular formula is C17H26N4. The quantitative estimate of drug-likeness (QED) is 0.847. The lowest BCUT2D eigenvalue weighted by Crippen LogP contribution is -2.34. The summed E-state index contributed by atoms with van der Waals surface area (Å²) >= 11 is 0. The molecule has 4 nitrogen and oxygen atoms in total. The first kappa shape index (κ1) is 14.5. The molecular weight excluding hydrogens is 260 g/mol. The maximum Gasteiger partial charge on any atom is 0.159 e. The molecule has 2 aromatic rings. The number of nitrogens with zero attached hydrogens (tertiary/aromatic N) is 4. The van der Waals surface area contributed by atoms with E-state index in [0.717, 1.165) is 36.5 Å². The van der Waals surface area contributed by atoms with Gasteiger partial charge in [0.15, 0.2) is 5.65 Å². The summed E-state index contributed by atoms with van der Waals surface area (Å²) in [6, 6.07) is 4.06. The van der Waals surface area contributed by atoms with Gasteiger partial charge in [-0.1, -0.05) is 13.8 Å². The van der Waals surface area contributed by atoms with E-state index in [1.165, 1.54) is 38.3 Å². The van der Waals surface area contributed by atoms with Crippen molar-refractivity contribution in [2.45, 2.75) is 46.1 Å². The zero-order valence-electron chi connectivity index (χ0n) is 13.3. The van der Waals surface area contributed by atoms with Crippen LogP contribution < -0.4 is 0 Å². The molecule has 0 radical (unpaired) electrons. The first-order valence-electron chi connectivity index (χ1n) is 8.34. The van der Waals surface area contributed by atoms with Crippen molar-refractivity contribution < 1.29 is 0 Å². The van der Waals surface area contributed by atoms with Crippen LogP contribution in [0.15, 0.2) is 18.3 Å². The first-order valence-corrected chi connectivity index (χ1v) is 8.34. The van der Waals surface area contributed by atoms with Gasteiger partial charge >= 0.3 is 0 Å². The number of fused-ring (bicyclic) bond motifs is 1. The van der Waals surface area contributed by atoms with E-state index in [2.05, 4.69) is 34.4 Å². The monoisotopic (exact) mass is 286 g/mol. The third kappa shape index (κ3) is 3.10. The second-order valence-electron chi connectivity index (χ2n) is 6.11. The van der Waals surface area contributed by atoms with Gasteiger partial charge in [0.05, 0.1) is 0 Å². The van der Waals surface area contributed by atoms with Crippen molar-refractivity contribution in [2.75, 3.05) is 19.6 Å². The average molecular weight is 286 g/mol. The molecule has 0 spiro atoms. The van der Waals surface area contributed by atoms with E-state index in [4.69, 9.17) is 4.98 Å². The van der Waals surface area contributed by atoms with Crippen LogP contribution >= 0.6 is 0 Å². The summed E-state index contributed by atoms with van der Waals surface area (Å²) in [5.74, 6) is 2.01. The van der Waals surface area contributed by atoms with Crippen molar-refractivity contribution in [1.29, 1.82) is 0 Å². The zero-order chi connectivity index (χ0) is 14.7. The predicted molar refractivity (Wildman–Crippen MR) is 86.4 cm³/mol. The molecule has 114 valence electrons. The molecule has 3 rings (SSSR count). The Kier molecular flexibility index (Phi) is 4.54. The highest BCUT2D eigenvalue weighted by Gasteiger charge is 2.21. The number of aryl methyl sites for hydroxylation is 1. The number of pyridine rings is 1. The van der Waals surface area contributed by atoms with Gasteiger partial charge < -0.3 is 9.47 Å². The highest BCUT2D eigenvalue weighted by Crippen LogP contribution is 2.23. The molecule has 3 heterocycles. The molecule has 0 saturated carbocycles. The molecule has 0 amide bonds. The fourth-order valence-electron chi connectivity index (χ4n) is 3.38. The molecule has 1 fully saturated rings. The van der Waals surface area contributed by atoms with E-state index in [-0.39, 0.29) is 0 Å². The van der Waals surface area contributed by atoms with Crippen LogP contribution in [0.5, 0.6) is 0 Å². The number of likely N-dealkylation sites (tertiary alicyclic amines) is 1. The average Bonchev–Trinajstić information content (AvgIpc) is 2.86. The Morgan fingerprint density at radius 3 is 2.76 bits per heavy atom. The zero-order valence-corrected chi connectivity index (χ0v) is 13.3. The van der Waals surface area contributed by atoms with Gasteiger partial charge in [0.25, 0.3) is 0 Å². The largest absolute Gasteiger partial charge is 0.313 e. The smallest absolute Gasteiger partial charge is 0.159 e. The van der Waals surface area contributed by atoms with Crippen molar-refractivity contribution in [1.82, 2.24) is 19.4 Å². The van der Waals surface area contributed by atoms with Crippen LogP contribution in [0, 0.1) is 5.92 Å². The van der Waals surface area contributed by atoms with E-state index in [9.17, 15) is 0 Å². The van der Waals surface area contributed by atoms with Crippen molar-refractivity contribution in [2.24, 2.45) is 5.92 Å². The maximum absolute atomic E-state index is 4.85. The summed E-state index contributed by atoms with van der Waals surface area (Å²) in [6.07, 6.45) is 6.71. The SMILES string of the molecule is CCCn1c(CC2CCN(CC)CC2)nc2cccnc21. The van der Waals surface area contributed by atoms with Gasteiger partial charge in [-0.15, -0.1) is 0 Å². The molecule has 21 heavy (non-hydrogen) atoms. The Morgan fingerprint density at radius 2 is 2.05 bits per heavy atom. The van der Waals surface area contributed by atoms with Crippen LogP contribution in [0.4, 0.5) is 0 Å². The summed E-state index contributed by atoms with van der Waals surface area (Å²) in [6.45, 7) is 9.17. The fraction of sp³-hybridized carbons (Fsp3) is 0.647. The highest BCUT2D eigenvalue weighted by atomic mass is 15.1. The molecule has 1 aliphatic rings. The van der Waals surface area contributed by atoms with Crippen LogP contribution in [0.1, 0.15) is 38.9 Å². The molecule has 0 bridgehead atoms. The molecule has 1 aliphatic heterocycles. The summed E-state index contributed by atoms with van der Waals surface area (Å²) < 4.78 is 2.33. The second kappa shape index (κ2) is 6.56. The molecule has 0 atom stereocenters. The standard InChI is InChI=1S/C17H26N4/c1-3-10-21-16(19-15-6-5-9-18-17(15)21)13-14-7-11-20(4-2)12-8-14/h5-6,9,14H,3-4,7-8,10-13H2,1-2H3. The number of hydrogen-bond donors (Lipinski definition) is 0. The minimum absolute atomic E-state index is 0.778. The number of aromatic nitrogens is 3. The highest BCUT2D eigenvalue weighted by molar-refractivity contribution is 5.71. The van der Waals surface area contributed by atoms with E-state index in [1.807, 2.05) is 12.3 Å². The number of rotatable bonds is 5. The van der Waals surface area contributed by atoms with E-state index < -0.39 is 0 Å². The normalized spacial score (nSPS) is 17.6. The minimum atomic E-state index is 0.778. The predicted octanol–water partition coefficient (Wildman–Crippen LogP) is 3.12. The van der Waals surface area contributed by atoms with Gasteiger partial charge in [-0.25, -0.2) is 9.97 Å². The van der Waals surface area contributed by atoms with E-state index in [1.54, 1.807) is 0 Å². The lowest BCUT2D eigenvalue weighted by molar-refractivity contribution is 0.190. The van der Waals surface area contributed by atoms with Crippen LogP contribution in [-0.2, 0) is 13.0 Å². The number of hydrogen-bond acceptors (Lipinski definition) is 3. The van der Waals surface area contributed by atoms with Gasteiger partial charge in [-0.2, -0.15) is 0 Å². The lowest BCUT2D eigenvalue weighted by atomic mass is 9.93. The van der Waals surface area contributed by atoms with Crippen molar-refractivity contribution >= 4 is 11.2 Å². The van der Waals surface area contributed by atoms with Crippen LogP contribution in [-0.4, -0.2) is 39.1 Å². The lowest BCUT2D eigenvalue weighted by Gasteiger charge is -2.30. The van der Waals surface area contributed by atoms with Crippen molar-refractivity contribution in [3.8, 4) is 0 Å². The Labute approximate surface area is 127 Å². The van der Waals surface area contributed by atoms with Gasteiger partial charge in [0.2, 0.25) is 0 Å². The molecule has 0 unspecified atom stereocenters. The first-order chi connectivity index (χ1) is 10.3. The molecule has 4 heteroatoms. The topological polar surface area (TPSA) is 34.0 Å². The third-order valence-electron chi connectivity index (χ3n) is 4.66. The minimum Gasteiger partial charge on any atom is -0.313 e. The number of imidazole rings is 1. The molecule has 2 aromatic heterocycles. The summed E-state index contributed by atoms with van der Waals surface area (Å²) in [7, 11) is 0. The van der Waals surface area contributed by atoms with Crippen molar-refractivity contribution in [3.63, 3.8) is 0 Å². The van der Waals surface area contributed by atoms with E-state index >= 15 is 0 Å². The molecule has 1 saturated heterocycles. The van der Waals surface area contributed by atoms with Gasteiger partial charge in [-0.3, -0.25) is 0 Å². The van der Waals surface area contributed by atoms with Crippen LogP contribution in [0.25, 0.3) is 11.2 Å². The van der Waals surface area contributed by atoms with Crippen LogP contribution in [0.2, 0.25) is 0 Å². The van der Waals surface area contributed by atoms with Gasteiger partial charge in [0.1, 0.15) is 11.3 Å². The van der Waals surface area contributed by atoms with Gasteiger partial charge in [-0.05, 0) is 56.9 Å². The van der Waals surface area contributed by atoms with Gasteiger partial charge in [0, 0.05) is 19.2 Å². The fourth-order valence-corrected chi connectivity index (χ4v) is 3.38. The Morgan fingerprint density at radius 1 is 1.24 bits per heavy atom. The molecule has 0 N–H and O–H groups in total.